The first kappa shape index (κ1) is 3.72. The fourth-order valence-electron chi connectivity index (χ4n) is 1.03. The van der Waals surface area contributed by atoms with Gasteiger partial charge in [-0.15, -0.1) is 0 Å². The fraction of sp³-hybridized carbons (Fsp3) is 0.400. The molecule has 0 fully saturated rings. The summed E-state index contributed by atoms with van der Waals surface area (Å²) < 4.78 is 36.7. The third-order valence-corrected chi connectivity index (χ3v) is 1.46. The van der Waals surface area contributed by atoms with E-state index in [1.54, 1.807) is 13.0 Å². The van der Waals surface area contributed by atoms with Crippen LogP contribution in [0.25, 0.3) is 0 Å². The summed E-state index contributed by atoms with van der Waals surface area (Å²) in [6.45, 7) is -1.21. The molecule has 1 nitrogen and oxygen atoms in total. The van der Waals surface area contributed by atoms with Crippen LogP contribution in [0.15, 0.2) is 18.2 Å². The molecule has 0 aliphatic rings. The fourth-order valence-corrected chi connectivity index (χ4v) is 1.03. The molecule has 0 spiro atoms. The normalized spacial score (nSPS) is 19.3. The Kier molecular flexibility index (Phi) is 1.20. The number of aryl methyl sites for hydroxylation is 2. The van der Waals surface area contributed by atoms with Crippen molar-refractivity contribution in [3.05, 3.63) is 34.9 Å². The van der Waals surface area contributed by atoms with Crippen LogP contribution in [0.4, 0.5) is 0 Å². The van der Waals surface area contributed by atoms with Crippen molar-refractivity contribution >= 4 is 0 Å². The molecule has 11 heavy (non-hydrogen) atoms. The lowest BCUT2D eigenvalue weighted by Crippen LogP contribution is -1.88. The second-order valence-electron chi connectivity index (χ2n) is 2.49. The van der Waals surface area contributed by atoms with Crippen LogP contribution in [0.2, 0.25) is 0 Å². The minimum Gasteiger partial charge on any atom is -0.392 e. The van der Waals surface area contributed by atoms with Crippen molar-refractivity contribution in [1.29, 1.82) is 0 Å². The predicted molar refractivity (Wildman–Crippen MR) is 46.5 cm³/mol. The van der Waals surface area contributed by atoms with Crippen molar-refractivity contribution in [1.82, 2.24) is 0 Å². The molecule has 0 aliphatic heterocycles. The average Bonchev–Trinajstić information content (AvgIpc) is 2.15. The molecule has 0 unspecified atom stereocenters. The molecule has 1 aromatic carbocycles. The van der Waals surface area contributed by atoms with Crippen molar-refractivity contribution in [2.75, 3.05) is 0 Å². The van der Waals surface area contributed by atoms with E-state index in [4.69, 9.17) is 12.0 Å². The van der Waals surface area contributed by atoms with E-state index in [0.717, 1.165) is 5.56 Å². The van der Waals surface area contributed by atoms with E-state index in [9.17, 15) is 0 Å². The third kappa shape index (κ3) is 2.05. The lowest BCUT2D eigenvalue weighted by molar-refractivity contribution is 0.281. The van der Waals surface area contributed by atoms with Crippen molar-refractivity contribution < 1.29 is 12.0 Å². The van der Waals surface area contributed by atoms with Gasteiger partial charge in [0.1, 0.15) is 0 Å². The van der Waals surface area contributed by atoms with Gasteiger partial charge < -0.3 is 5.11 Å². The highest BCUT2D eigenvalue weighted by Crippen LogP contribution is 2.09. The first-order valence-corrected chi connectivity index (χ1v) is 3.40. The summed E-state index contributed by atoms with van der Waals surface area (Å²) >= 11 is 0. The predicted octanol–water partition coefficient (Wildman–Crippen LogP) is 2.05. The van der Waals surface area contributed by atoms with Crippen molar-refractivity contribution in [3.63, 3.8) is 0 Å². The average molecular weight is 155 g/mol. The molecule has 0 atom stereocenters. The van der Waals surface area contributed by atoms with E-state index in [2.05, 4.69) is 0 Å². The van der Waals surface area contributed by atoms with Crippen LogP contribution >= 0.6 is 0 Å². The zero-order valence-electron chi connectivity index (χ0n) is 11.4. The summed E-state index contributed by atoms with van der Waals surface area (Å²) in [7, 11) is 0. The molecule has 0 aliphatic carbocycles. The van der Waals surface area contributed by atoms with Gasteiger partial charge in [0.25, 0.3) is 0 Å². The summed E-state index contributed by atoms with van der Waals surface area (Å²) in [6, 6.07) is 4.57. The highest BCUT2D eigenvalue weighted by Gasteiger charge is 1.94. The maximum absolute atomic E-state index is 8.99. The van der Waals surface area contributed by atoms with Crippen LogP contribution < -0.4 is 0 Å². The van der Waals surface area contributed by atoms with E-state index in [1.807, 2.05) is 0 Å². The molecule has 1 N–H and O–H groups in total. The Bertz CT molecular complexity index is 383. The second kappa shape index (κ2) is 3.54. The molecular formula is C10H14O. The Morgan fingerprint density at radius 3 is 2.82 bits per heavy atom. The van der Waals surface area contributed by atoms with Crippen LogP contribution in [-0.4, -0.2) is 5.11 Å². The molecular weight excluding hydrogens is 136 g/mol. The highest BCUT2D eigenvalue weighted by molar-refractivity contribution is 5.28. The minimum absolute atomic E-state index is 0.0801. The Hall–Kier alpha value is -0.820. The standard InChI is InChI=1S/C10H14O/c1-3-9-4-8(2)5-10(6-9)7-11/h4-6,11H,3,7H2,1-2H3/i1D3,3D2. The second-order valence-corrected chi connectivity index (χ2v) is 2.49. The van der Waals surface area contributed by atoms with Crippen molar-refractivity contribution in [2.45, 2.75) is 26.8 Å². The molecule has 1 aromatic rings. The summed E-state index contributed by atoms with van der Waals surface area (Å²) in [5, 5.41) is 8.99. The zero-order chi connectivity index (χ0) is 12.6. The molecule has 60 valence electrons. The first-order chi connectivity index (χ1) is 7.18. The van der Waals surface area contributed by atoms with E-state index >= 15 is 0 Å². The summed E-state index contributed by atoms with van der Waals surface area (Å²) in [4.78, 5) is 0. The van der Waals surface area contributed by atoms with Crippen LogP contribution in [-0.2, 0) is 13.0 Å². The minimum atomic E-state index is -2.71. The van der Waals surface area contributed by atoms with Gasteiger partial charge in [0.05, 0.1) is 6.61 Å². The lowest BCUT2D eigenvalue weighted by Gasteiger charge is -2.02. The number of aliphatic hydroxyl groups excluding tert-OH is 1. The van der Waals surface area contributed by atoms with Gasteiger partial charge in [0.15, 0.2) is 0 Å². The van der Waals surface area contributed by atoms with Gasteiger partial charge in [0, 0.05) is 6.85 Å². The molecule has 0 aromatic heterocycles. The van der Waals surface area contributed by atoms with Crippen LogP contribution in [0.3, 0.4) is 0 Å². The number of hydrogen-bond acceptors (Lipinski definition) is 1. The summed E-state index contributed by atoms with van der Waals surface area (Å²) in [6.07, 6.45) is -2.40. The lowest BCUT2D eigenvalue weighted by atomic mass is 10.1. The quantitative estimate of drug-likeness (QED) is 0.693. The van der Waals surface area contributed by atoms with Crippen molar-refractivity contribution in [2.24, 2.45) is 0 Å². The van der Waals surface area contributed by atoms with E-state index in [1.165, 1.54) is 12.1 Å². The summed E-state index contributed by atoms with van der Waals surface area (Å²) in [5.74, 6) is 0. The largest absolute Gasteiger partial charge is 0.392 e. The highest BCUT2D eigenvalue weighted by atomic mass is 16.3. The number of aliphatic hydroxyl groups is 1. The molecule has 0 saturated carbocycles. The van der Waals surface area contributed by atoms with Crippen molar-refractivity contribution in [3.8, 4) is 0 Å². The molecule has 0 heterocycles. The Morgan fingerprint density at radius 1 is 1.45 bits per heavy atom. The first-order valence-electron chi connectivity index (χ1n) is 5.90. The molecule has 1 rings (SSSR count). The van der Waals surface area contributed by atoms with Crippen LogP contribution in [0, 0.1) is 6.92 Å². The van der Waals surface area contributed by atoms with Gasteiger partial charge in [-0.3, -0.25) is 0 Å². The van der Waals surface area contributed by atoms with Gasteiger partial charge in [0.2, 0.25) is 0 Å². The maximum Gasteiger partial charge on any atom is 0.0682 e. The number of hydrogen-bond donors (Lipinski definition) is 1. The Balaban J connectivity index is 3.27. The number of benzene rings is 1. The van der Waals surface area contributed by atoms with Gasteiger partial charge in [-0.2, -0.15) is 0 Å². The van der Waals surface area contributed by atoms with Gasteiger partial charge in [-0.1, -0.05) is 30.6 Å². The third-order valence-electron chi connectivity index (χ3n) is 1.46. The van der Waals surface area contributed by atoms with Crippen LogP contribution in [0.5, 0.6) is 0 Å². The van der Waals surface area contributed by atoms with E-state index < -0.39 is 13.2 Å². The number of rotatable bonds is 2. The SMILES string of the molecule is [2H]C([2H])([2H])C([2H])([2H])c1cc(C)cc(CO)c1. The summed E-state index contributed by atoms with van der Waals surface area (Å²) in [5.41, 5.74) is 1.33. The molecule has 0 saturated heterocycles. The zero-order valence-corrected chi connectivity index (χ0v) is 6.39. The molecule has 0 radical (unpaired) electrons. The smallest absolute Gasteiger partial charge is 0.0682 e. The molecule has 0 amide bonds. The maximum atomic E-state index is 8.99. The monoisotopic (exact) mass is 155 g/mol. The van der Waals surface area contributed by atoms with E-state index in [-0.39, 0.29) is 12.2 Å². The van der Waals surface area contributed by atoms with Gasteiger partial charge >= 0.3 is 0 Å². The van der Waals surface area contributed by atoms with E-state index in [0.29, 0.717) is 5.56 Å². The molecule has 1 heteroatoms. The Labute approximate surface area is 74.7 Å². The van der Waals surface area contributed by atoms with Gasteiger partial charge in [-0.25, -0.2) is 0 Å². The molecule has 0 bridgehead atoms. The van der Waals surface area contributed by atoms with Gasteiger partial charge in [-0.05, 0) is 24.4 Å². The Morgan fingerprint density at radius 2 is 2.18 bits per heavy atom. The van der Waals surface area contributed by atoms with Crippen LogP contribution in [0.1, 0.15) is 30.4 Å². The topological polar surface area (TPSA) is 20.2 Å².